The average molecular weight is 553 g/mol. The smallest absolute Gasteiger partial charge is 0.254 e. The predicted octanol–water partition coefficient (Wildman–Crippen LogP) is 4.16. The standard InChI is InChI=1S/C32H36N6O3/c1-5-7-22-16-21(3)35-32(41)27(22)20-34-31(40)26-17-24(18-28-25(26)10-11-38(28)30(39)6-2)23-8-9-29(33-19-23)37-14-12-36(4)13-15-37/h6,8-11,16-19H,2,5,7,12-15,20H2,1,3-4H3,(H,34,40)(H,35,41). The lowest BCUT2D eigenvalue weighted by Crippen LogP contribution is -2.44. The first-order valence-electron chi connectivity index (χ1n) is 14.0. The lowest BCUT2D eigenvalue weighted by molar-refractivity contribution is 0.0948. The van der Waals surface area contributed by atoms with E-state index < -0.39 is 0 Å². The zero-order valence-electron chi connectivity index (χ0n) is 23.9. The first kappa shape index (κ1) is 28.0. The first-order chi connectivity index (χ1) is 19.8. The van der Waals surface area contributed by atoms with Crippen LogP contribution in [0.15, 0.2) is 66.2 Å². The molecule has 2 N–H and O–H groups in total. The number of pyridine rings is 2. The molecule has 1 saturated heterocycles. The summed E-state index contributed by atoms with van der Waals surface area (Å²) in [6.45, 7) is 11.4. The van der Waals surface area contributed by atoms with Crippen molar-refractivity contribution in [2.24, 2.45) is 0 Å². The highest BCUT2D eigenvalue weighted by molar-refractivity contribution is 6.10. The fraction of sp³-hybridized carbons (Fsp3) is 0.312. The van der Waals surface area contributed by atoms with Crippen LogP contribution in [0.5, 0.6) is 0 Å². The largest absolute Gasteiger partial charge is 0.354 e. The first-order valence-corrected chi connectivity index (χ1v) is 14.0. The lowest BCUT2D eigenvalue weighted by atomic mass is 10.00. The van der Waals surface area contributed by atoms with Crippen LogP contribution in [0.4, 0.5) is 5.82 Å². The van der Waals surface area contributed by atoms with Gasteiger partial charge in [0.2, 0.25) is 0 Å². The van der Waals surface area contributed by atoms with Crippen molar-refractivity contribution in [2.75, 3.05) is 38.1 Å². The molecule has 212 valence electrons. The van der Waals surface area contributed by atoms with E-state index in [1.165, 1.54) is 10.6 Å². The number of aromatic nitrogens is 3. The van der Waals surface area contributed by atoms with Gasteiger partial charge in [0.05, 0.1) is 5.52 Å². The highest BCUT2D eigenvalue weighted by Crippen LogP contribution is 2.30. The normalized spacial score (nSPS) is 13.9. The van der Waals surface area contributed by atoms with Crippen molar-refractivity contribution in [2.45, 2.75) is 33.2 Å². The summed E-state index contributed by atoms with van der Waals surface area (Å²) in [5.74, 6) is 0.296. The Balaban J connectivity index is 1.49. The van der Waals surface area contributed by atoms with Gasteiger partial charge in [0, 0.05) is 72.9 Å². The van der Waals surface area contributed by atoms with E-state index >= 15 is 0 Å². The van der Waals surface area contributed by atoms with Crippen molar-refractivity contribution in [1.82, 2.24) is 24.8 Å². The van der Waals surface area contributed by atoms with E-state index in [1.54, 1.807) is 12.3 Å². The molecule has 0 saturated carbocycles. The van der Waals surface area contributed by atoms with Crippen LogP contribution < -0.4 is 15.8 Å². The number of carbonyl (C=O) groups is 2. The third-order valence-electron chi connectivity index (χ3n) is 7.68. The van der Waals surface area contributed by atoms with Gasteiger partial charge in [0.1, 0.15) is 5.82 Å². The van der Waals surface area contributed by atoms with Crippen molar-refractivity contribution in [3.8, 4) is 11.1 Å². The summed E-state index contributed by atoms with van der Waals surface area (Å²) in [5, 5.41) is 3.59. The highest BCUT2D eigenvalue weighted by Gasteiger charge is 2.19. The molecule has 3 aromatic heterocycles. The molecule has 0 unspecified atom stereocenters. The number of fused-ring (bicyclic) bond motifs is 1. The molecule has 1 amide bonds. The van der Waals surface area contributed by atoms with Crippen LogP contribution in [-0.4, -0.2) is 64.5 Å². The van der Waals surface area contributed by atoms with Crippen LogP contribution in [0.3, 0.4) is 0 Å². The van der Waals surface area contributed by atoms with Crippen LogP contribution in [0.25, 0.3) is 22.0 Å². The molecule has 41 heavy (non-hydrogen) atoms. The third-order valence-corrected chi connectivity index (χ3v) is 7.68. The molecule has 9 heteroatoms. The second-order valence-corrected chi connectivity index (χ2v) is 10.6. The number of anilines is 1. The summed E-state index contributed by atoms with van der Waals surface area (Å²) in [6.07, 6.45) is 6.34. The molecular weight excluding hydrogens is 516 g/mol. The lowest BCUT2D eigenvalue weighted by Gasteiger charge is -2.33. The number of amides is 1. The Morgan fingerprint density at radius 2 is 1.88 bits per heavy atom. The number of allylic oxidation sites excluding steroid dienone is 1. The number of piperazine rings is 1. The zero-order chi connectivity index (χ0) is 29.1. The van der Waals surface area contributed by atoms with Crippen molar-refractivity contribution in [3.63, 3.8) is 0 Å². The number of likely N-dealkylation sites (N-methyl/N-ethyl adjacent to an activating group) is 1. The number of rotatable bonds is 8. The van der Waals surface area contributed by atoms with Crippen LogP contribution in [-0.2, 0) is 13.0 Å². The summed E-state index contributed by atoms with van der Waals surface area (Å²) in [5.41, 5.74) is 4.70. The summed E-state index contributed by atoms with van der Waals surface area (Å²) >= 11 is 0. The molecule has 1 aliphatic heterocycles. The Bertz CT molecular complexity index is 1660. The molecular formula is C32H36N6O3. The molecule has 1 fully saturated rings. The van der Waals surface area contributed by atoms with E-state index in [1.807, 2.05) is 43.5 Å². The van der Waals surface area contributed by atoms with Gasteiger partial charge in [-0.05, 0) is 74.0 Å². The summed E-state index contributed by atoms with van der Waals surface area (Å²) in [6, 6.07) is 11.4. The van der Waals surface area contributed by atoms with Crippen LogP contribution in [0.1, 0.15) is 45.3 Å². The molecule has 4 heterocycles. The van der Waals surface area contributed by atoms with E-state index in [9.17, 15) is 14.4 Å². The number of benzene rings is 1. The Morgan fingerprint density at radius 3 is 2.56 bits per heavy atom. The molecule has 9 nitrogen and oxygen atoms in total. The van der Waals surface area contributed by atoms with Crippen molar-refractivity contribution < 1.29 is 9.59 Å². The fourth-order valence-corrected chi connectivity index (χ4v) is 5.40. The maximum absolute atomic E-state index is 13.6. The van der Waals surface area contributed by atoms with Crippen molar-refractivity contribution >= 4 is 28.5 Å². The quantitative estimate of drug-likeness (QED) is 0.318. The third kappa shape index (κ3) is 5.85. The molecule has 0 bridgehead atoms. The van der Waals surface area contributed by atoms with Crippen LogP contribution in [0, 0.1) is 6.92 Å². The van der Waals surface area contributed by atoms with Gasteiger partial charge in [-0.25, -0.2) is 4.98 Å². The number of aryl methyl sites for hydroxylation is 2. The maximum atomic E-state index is 13.6. The fourth-order valence-electron chi connectivity index (χ4n) is 5.40. The van der Waals surface area contributed by atoms with Gasteiger partial charge < -0.3 is 20.1 Å². The number of hydrogen-bond acceptors (Lipinski definition) is 6. The molecule has 5 rings (SSSR count). The predicted molar refractivity (Wildman–Crippen MR) is 163 cm³/mol. The minimum absolute atomic E-state index is 0.100. The molecule has 0 radical (unpaired) electrons. The zero-order valence-corrected chi connectivity index (χ0v) is 23.9. The molecule has 0 aliphatic carbocycles. The molecule has 1 aliphatic rings. The highest BCUT2D eigenvalue weighted by atomic mass is 16.2. The average Bonchev–Trinajstić information content (AvgIpc) is 3.40. The van der Waals surface area contributed by atoms with Gasteiger partial charge in [-0.3, -0.25) is 19.0 Å². The van der Waals surface area contributed by atoms with Gasteiger partial charge in [-0.15, -0.1) is 0 Å². The van der Waals surface area contributed by atoms with Gasteiger partial charge in [0.15, 0.2) is 0 Å². The number of hydrogen-bond donors (Lipinski definition) is 2. The number of carbonyl (C=O) groups excluding carboxylic acids is 2. The van der Waals surface area contributed by atoms with E-state index in [4.69, 9.17) is 4.98 Å². The second kappa shape index (κ2) is 11.9. The second-order valence-electron chi connectivity index (χ2n) is 10.6. The summed E-state index contributed by atoms with van der Waals surface area (Å²) < 4.78 is 1.48. The molecule has 4 aromatic rings. The SMILES string of the molecule is C=CC(=O)n1ccc2c(C(=O)NCc3c(CCC)cc(C)[nH]c3=O)cc(-c3ccc(N4CCN(C)CC4)nc3)cc21. The van der Waals surface area contributed by atoms with E-state index in [0.717, 1.165) is 67.2 Å². The van der Waals surface area contributed by atoms with Gasteiger partial charge in [-0.2, -0.15) is 0 Å². The topological polar surface area (TPSA) is 103 Å². The summed E-state index contributed by atoms with van der Waals surface area (Å²) in [7, 11) is 2.12. The van der Waals surface area contributed by atoms with Crippen molar-refractivity contribution in [1.29, 1.82) is 0 Å². The van der Waals surface area contributed by atoms with E-state index in [0.29, 0.717) is 22.0 Å². The minimum Gasteiger partial charge on any atom is -0.354 e. The van der Waals surface area contributed by atoms with Gasteiger partial charge >= 0.3 is 0 Å². The van der Waals surface area contributed by atoms with Crippen LogP contribution >= 0.6 is 0 Å². The van der Waals surface area contributed by atoms with Gasteiger partial charge in [0.25, 0.3) is 17.4 Å². The van der Waals surface area contributed by atoms with Gasteiger partial charge in [-0.1, -0.05) is 19.9 Å². The molecule has 0 spiro atoms. The monoisotopic (exact) mass is 552 g/mol. The Hall–Kier alpha value is -4.50. The number of aromatic amines is 1. The summed E-state index contributed by atoms with van der Waals surface area (Å²) in [4.78, 5) is 51.1. The molecule has 0 atom stereocenters. The number of nitrogens with one attached hydrogen (secondary N) is 2. The maximum Gasteiger partial charge on any atom is 0.254 e. The Kier molecular flexibility index (Phi) is 8.16. The Morgan fingerprint density at radius 1 is 1.10 bits per heavy atom. The number of H-pyrrole nitrogens is 1. The van der Waals surface area contributed by atoms with E-state index in [2.05, 4.69) is 40.7 Å². The van der Waals surface area contributed by atoms with Crippen LogP contribution in [0.2, 0.25) is 0 Å². The Labute approximate surface area is 239 Å². The van der Waals surface area contributed by atoms with E-state index in [-0.39, 0.29) is 23.9 Å². The molecule has 1 aromatic carbocycles. The number of nitrogens with zero attached hydrogens (tertiary/aromatic N) is 4. The minimum atomic E-state index is -0.329. The van der Waals surface area contributed by atoms with Crippen molar-refractivity contribution in [3.05, 3.63) is 94.2 Å².